The van der Waals surface area contributed by atoms with Gasteiger partial charge in [-0.3, -0.25) is 0 Å². The number of aryl methyl sites for hydroxylation is 3. The van der Waals surface area contributed by atoms with Gasteiger partial charge in [0.25, 0.3) is 0 Å². The molecule has 2 aromatic rings. The molecule has 1 aromatic carbocycles. The molecule has 0 radical (unpaired) electrons. The van der Waals surface area contributed by atoms with E-state index in [2.05, 4.69) is 41.4 Å². The number of aromatic nitrogens is 1. The Kier molecular flexibility index (Phi) is 6.44. The molecule has 1 N–H and O–H groups in total. The number of amides is 2. The smallest absolute Gasteiger partial charge is 0.317 e. The van der Waals surface area contributed by atoms with Gasteiger partial charge in [0, 0.05) is 37.9 Å². The van der Waals surface area contributed by atoms with Crippen molar-refractivity contribution in [2.24, 2.45) is 0 Å². The second kappa shape index (κ2) is 8.55. The molecule has 1 aromatic heterocycles. The van der Waals surface area contributed by atoms with E-state index >= 15 is 0 Å². The first-order valence-electron chi connectivity index (χ1n) is 8.65. The fourth-order valence-electron chi connectivity index (χ4n) is 2.84. The van der Waals surface area contributed by atoms with Crippen molar-refractivity contribution in [2.45, 2.75) is 34.2 Å². The molecule has 0 spiro atoms. The van der Waals surface area contributed by atoms with Crippen molar-refractivity contribution in [3.63, 3.8) is 0 Å². The second-order valence-corrected chi connectivity index (χ2v) is 6.26. The Labute approximate surface area is 149 Å². The zero-order chi connectivity index (χ0) is 18.4. The number of likely N-dealkylation sites (N-methyl/N-ethyl adjacent to an activating group) is 1. The lowest BCUT2D eigenvalue weighted by molar-refractivity contribution is 0.207. The molecule has 0 atom stereocenters. The molecule has 136 valence electrons. The van der Waals surface area contributed by atoms with Gasteiger partial charge in [0.2, 0.25) is 0 Å². The Morgan fingerprint density at radius 2 is 1.96 bits per heavy atom. The number of hydrogen-bond acceptors (Lipinski definition) is 4. The minimum absolute atomic E-state index is 0.0964. The number of benzene rings is 1. The molecule has 0 saturated heterocycles. The zero-order valence-corrected chi connectivity index (χ0v) is 15.8. The first-order chi connectivity index (χ1) is 11.9. The van der Waals surface area contributed by atoms with Gasteiger partial charge in [0.1, 0.15) is 5.76 Å². The van der Waals surface area contributed by atoms with Crippen molar-refractivity contribution in [3.05, 3.63) is 46.8 Å². The number of nitrogens with one attached hydrogen (secondary N) is 1. The normalized spacial score (nSPS) is 10.6. The van der Waals surface area contributed by atoms with E-state index in [1.165, 1.54) is 11.3 Å². The van der Waals surface area contributed by atoms with E-state index in [9.17, 15) is 4.79 Å². The van der Waals surface area contributed by atoms with Gasteiger partial charge in [-0.25, -0.2) is 4.79 Å². The Balaban J connectivity index is 1.86. The first-order valence-corrected chi connectivity index (χ1v) is 8.65. The predicted molar refractivity (Wildman–Crippen MR) is 99.9 cm³/mol. The summed E-state index contributed by atoms with van der Waals surface area (Å²) in [6.45, 7) is 10.7. The highest BCUT2D eigenvalue weighted by molar-refractivity contribution is 5.74. The second-order valence-electron chi connectivity index (χ2n) is 6.26. The van der Waals surface area contributed by atoms with Crippen LogP contribution in [-0.2, 0) is 6.54 Å². The van der Waals surface area contributed by atoms with Crippen molar-refractivity contribution in [3.8, 4) is 0 Å². The first kappa shape index (κ1) is 18.8. The number of rotatable bonds is 7. The standard InChI is InChI=1S/C19H28N4O2/c1-6-23(18-10-8-7-9-14(18)2)12-11-20-19(24)22(5)13-17-15(3)21-25-16(17)4/h7-10H,6,11-13H2,1-5H3,(H,20,24). The van der Waals surface area contributed by atoms with Crippen molar-refractivity contribution in [1.82, 2.24) is 15.4 Å². The van der Waals surface area contributed by atoms with Crippen LogP contribution >= 0.6 is 0 Å². The molecule has 2 rings (SSSR count). The number of urea groups is 1. The predicted octanol–water partition coefficient (Wildman–Crippen LogP) is 3.27. The van der Waals surface area contributed by atoms with Crippen LogP contribution in [0.25, 0.3) is 0 Å². The van der Waals surface area contributed by atoms with Gasteiger partial charge >= 0.3 is 6.03 Å². The van der Waals surface area contributed by atoms with E-state index in [1.807, 2.05) is 26.0 Å². The molecular weight excluding hydrogens is 316 g/mol. The molecule has 0 aliphatic heterocycles. The van der Waals surface area contributed by atoms with E-state index in [4.69, 9.17) is 4.52 Å². The van der Waals surface area contributed by atoms with E-state index < -0.39 is 0 Å². The molecule has 2 amide bonds. The van der Waals surface area contributed by atoms with Crippen molar-refractivity contribution in [1.29, 1.82) is 0 Å². The lowest BCUT2D eigenvalue weighted by atomic mass is 10.2. The van der Waals surface area contributed by atoms with Gasteiger partial charge in [0.15, 0.2) is 0 Å². The number of carbonyl (C=O) groups is 1. The summed E-state index contributed by atoms with van der Waals surface area (Å²) in [5, 5.41) is 6.91. The molecule has 0 aliphatic carbocycles. The molecular formula is C19H28N4O2. The van der Waals surface area contributed by atoms with Crippen LogP contribution in [0.4, 0.5) is 10.5 Å². The lowest BCUT2D eigenvalue weighted by Gasteiger charge is -2.26. The van der Waals surface area contributed by atoms with Crippen LogP contribution in [-0.4, -0.2) is 42.8 Å². The summed E-state index contributed by atoms with van der Waals surface area (Å²) in [4.78, 5) is 16.2. The molecule has 6 heteroatoms. The summed E-state index contributed by atoms with van der Waals surface area (Å²) in [5.74, 6) is 0.758. The Morgan fingerprint density at radius 1 is 1.24 bits per heavy atom. The SMILES string of the molecule is CCN(CCNC(=O)N(C)Cc1c(C)noc1C)c1ccccc1C. The highest BCUT2D eigenvalue weighted by Gasteiger charge is 2.15. The minimum Gasteiger partial charge on any atom is -0.370 e. The van der Waals surface area contributed by atoms with Crippen LogP contribution in [0.1, 0.15) is 29.5 Å². The zero-order valence-electron chi connectivity index (χ0n) is 15.8. The summed E-state index contributed by atoms with van der Waals surface area (Å²) >= 11 is 0. The molecule has 0 saturated carbocycles. The van der Waals surface area contributed by atoms with Crippen LogP contribution < -0.4 is 10.2 Å². The summed E-state index contributed by atoms with van der Waals surface area (Å²) in [7, 11) is 1.78. The average Bonchev–Trinajstić information content (AvgIpc) is 2.91. The Bertz CT molecular complexity index is 692. The number of hydrogen-bond donors (Lipinski definition) is 1. The van der Waals surface area contributed by atoms with Gasteiger partial charge < -0.3 is 19.6 Å². The van der Waals surface area contributed by atoms with Gasteiger partial charge in [-0.2, -0.15) is 0 Å². The van der Waals surface area contributed by atoms with Gasteiger partial charge in [0.05, 0.1) is 12.2 Å². The maximum absolute atomic E-state index is 12.3. The summed E-state index contributed by atoms with van der Waals surface area (Å²) in [6, 6.07) is 8.21. The Morgan fingerprint density at radius 3 is 2.56 bits per heavy atom. The van der Waals surface area contributed by atoms with Crippen molar-refractivity contribution >= 4 is 11.7 Å². The number of para-hydroxylation sites is 1. The minimum atomic E-state index is -0.0964. The molecule has 0 bridgehead atoms. The quantitative estimate of drug-likeness (QED) is 0.837. The van der Waals surface area contributed by atoms with E-state index in [1.54, 1.807) is 11.9 Å². The van der Waals surface area contributed by atoms with E-state index in [0.717, 1.165) is 30.1 Å². The number of carbonyl (C=O) groups excluding carboxylic acids is 1. The number of nitrogens with zero attached hydrogens (tertiary/aromatic N) is 3. The van der Waals surface area contributed by atoms with Crippen LogP contribution in [0.15, 0.2) is 28.8 Å². The monoisotopic (exact) mass is 344 g/mol. The molecule has 0 unspecified atom stereocenters. The van der Waals surface area contributed by atoms with Gasteiger partial charge in [-0.05, 0) is 39.3 Å². The third kappa shape index (κ3) is 4.75. The van der Waals surface area contributed by atoms with Gasteiger partial charge in [-0.1, -0.05) is 23.4 Å². The third-order valence-electron chi connectivity index (χ3n) is 4.42. The van der Waals surface area contributed by atoms with Crippen LogP contribution in [0.2, 0.25) is 0 Å². The van der Waals surface area contributed by atoms with E-state index in [0.29, 0.717) is 13.1 Å². The fraction of sp³-hybridized carbons (Fsp3) is 0.474. The average molecular weight is 344 g/mol. The molecule has 25 heavy (non-hydrogen) atoms. The van der Waals surface area contributed by atoms with E-state index in [-0.39, 0.29) is 6.03 Å². The summed E-state index contributed by atoms with van der Waals surface area (Å²) in [5.41, 5.74) is 4.25. The van der Waals surface area contributed by atoms with Crippen LogP contribution in [0.5, 0.6) is 0 Å². The number of anilines is 1. The maximum Gasteiger partial charge on any atom is 0.317 e. The van der Waals surface area contributed by atoms with Crippen molar-refractivity contribution < 1.29 is 9.32 Å². The largest absolute Gasteiger partial charge is 0.370 e. The molecule has 0 aliphatic rings. The highest BCUT2D eigenvalue weighted by Crippen LogP contribution is 2.18. The molecule has 6 nitrogen and oxygen atoms in total. The van der Waals surface area contributed by atoms with Crippen LogP contribution in [0, 0.1) is 20.8 Å². The highest BCUT2D eigenvalue weighted by atomic mass is 16.5. The topological polar surface area (TPSA) is 61.6 Å². The maximum atomic E-state index is 12.3. The lowest BCUT2D eigenvalue weighted by Crippen LogP contribution is -2.41. The molecule has 1 heterocycles. The summed E-state index contributed by atoms with van der Waals surface area (Å²) < 4.78 is 5.15. The summed E-state index contributed by atoms with van der Waals surface area (Å²) in [6.07, 6.45) is 0. The Hall–Kier alpha value is -2.50. The van der Waals surface area contributed by atoms with Gasteiger partial charge in [-0.15, -0.1) is 0 Å². The van der Waals surface area contributed by atoms with Crippen LogP contribution in [0.3, 0.4) is 0 Å². The third-order valence-corrected chi connectivity index (χ3v) is 4.42. The fourth-order valence-corrected chi connectivity index (χ4v) is 2.84. The molecule has 0 fully saturated rings. The van der Waals surface area contributed by atoms with Crippen molar-refractivity contribution in [2.75, 3.05) is 31.6 Å².